The summed E-state index contributed by atoms with van der Waals surface area (Å²) in [4.78, 5) is 11.4. The molecule has 3 N–H and O–H groups in total. The molecule has 1 aromatic carbocycles. The smallest absolute Gasteiger partial charge is 0.265 e. The van der Waals surface area contributed by atoms with Gasteiger partial charge in [-0.05, 0) is 30.7 Å². The Labute approximate surface area is 113 Å². The van der Waals surface area contributed by atoms with Crippen molar-refractivity contribution >= 4 is 21.8 Å². The number of carbonyl (C=O) groups is 1. The molecule has 1 aromatic heterocycles. The second-order valence-corrected chi connectivity index (χ2v) is 4.76. The van der Waals surface area contributed by atoms with Crippen molar-refractivity contribution in [3.8, 4) is 0 Å². The van der Waals surface area contributed by atoms with Gasteiger partial charge in [0.05, 0.1) is 6.54 Å². The Morgan fingerprint density at radius 2 is 2.28 bits per heavy atom. The van der Waals surface area contributed by atoms with Crippen molar-refractivity contribution in [2.45, 2.75) is 13.5 Å². The second kappa shape index (κ2) is 5.32. The summed E-state index contributed by atoms with van der Waals surface area (Å²) in [5.74, 6) is 4.78. The first-order chi connectivity index (χ1) is 8.61. The molecule has 0 fully saturated rings. The number of carbonyl (C=O) groups excluding carboxylic acids is 1. The Balaban J connectivity index is 2.25. The number of aryl methyl sites for hydroxylation is 1. The van der Waals surface area contributed by atoms with Crippen LogP contribution in [0.2, 0.25) is 0 Å². The van der Waals surface area contributed by atoms with Crippen molar-refractivity contribution in [2.24, 2.45) is 5.84 Å². The van der Waals surface area contributed by atoms with E-state index in [0.717, 1.165) is 15.7 Å². The molecule has 0 aliphatic carbocycles. The van der Waals surface area contributed by atoms with Crippen LogP contribution in [0.1, 0.15) is 21.6 Å². The fourth-order valence-corrected chi connectivity index (χ4v) is 2.13. The van der Waals surface area contributed by atoms with E-state index in [2.05, 4.69) is 26.5 Å². The molecule has 5 nitrogen and oxygen atoms in total. The molecule has 6 heteroatoms. The molecule has 0 saturated carbocycles. The van der Waals surface area contributed by atoms with Crippen LogP contribution >= 0.6 is 15.9 Å². The first-order valence-electron chi connectivity index (χ1n) is 5.39. The summed E-state index contributed by atoms with van der Waals surface area (Å²) in [5, 5.41) is 4.22. The van der Waals surface area contributed by atoms with Gasteiger partial charge in [0.15, 0.2) is 0 Å². The summed E-state index contributed by atoms with van der Waals surface area (Å²) in [6.45, 7) is 2.65. The number of halogens is 1. The minimum Gasteiger partial charge on any atom is -0.290 e. The summed E-state index contributed by atoms with van der Waals surface area (Å²) in [6.07, 6.45) is 1.76. The van der Waals surface area contributed by atoms with Crippen LogP contribution in [0.15, 0.2) is 34.9 Å². The number of hydrazine groups is 1. The molecule has 0 spiro atoms. The molecule has 0 bridgehead atoms. The van der Waals surface area contributed by atoms with Crippen molar-refractivity contribution in [2.75, 3.05) is 0 Å². The highest BCUT2D eigenvalue weighted by atomic mass is 79.9. The van der Waals surface area contributed by atoms with Crippen LogP contribution < -0.4 is 11.3 Å². The van der Waals surface area contributed by atoms with Gasteiger partial charge >= 0.3 is 0 Å². The van der Waals surface area contributed by atoms with E-state index in [1.54, 1.807) is 18.3 Å². The summed E-state index contributed by atoms with van der Waals surface area (Å²) < 4.78 is 2.75. The molecule has 2 aromatic rings. The van der Waals surface area contributed by atoms with E-state index in [0.29, 0.717) is 12.1 Å². The molecule has 94 valence electrons. The minimum absolute atomic E-state index is 0.308. The first kappa shape index (κ1) is 12.8. The predicted molar refractivity (Wildman–Crippen MR) is 71.9 cm³/mol. The Kier molecular flexibility index (Phi) is 3.78. The highest BCUT2D eigenvalue weighted by Crippen LogP contribution is 2.20. The monoisotopic (exact) mass is 308 g/mol. The standard InChI is InChI=1S/C12H13BrN4O/c1-8-4-5-15-17(8)7-10-3-2-9(6-11(10)13)12(18)16-14/h2-6H,7,14H2,1H3,(H,16,18). The summed E-state index contributed by atoms with van der Waals surface area (Å²) in [5.41, 5.74) is 4.76. The van der Waals surface area contributed by atoms with Crippen molar-refractivity contribution in [3.63, 3.8) is 0 Å². The lowest BCUT2D eigenvalue weighted by Gasteiger charge is -2.08. The lowest BCUT2D eigenvalue weighted by Crippen LogP contribution is -2.29. The summed E-state index contributed by atoms with van der Waals surface area (Å²) in [6, 6.07) is 7.32. The third-order valence-corrected chi connectivity index (χ3v) is 3.43. The van der Waals surface area contributed by atoms with E-state index in [9.17, 15) is 4.79 Å². The number of hydrogen-bond acceptors (Lipinski definition) is 3. The number of hydrogen-bond donors (Lipinski definition) is 2. The number of amides is 1. The Bertz CT molecular complexity index is 579. The number of aromatic nitrogens is 2. The molecular weight excluding hydrogens is 296 g/mol. The second-order valence-electron chi connectivity index (χ2n) is 3.91. The van der Waals surface area contributed by atoms with E-state index in [1.807, 2.05) is 23.7 Å². The van der Waals surface area contributed by atoms with Crippen LogP contribution in [0.4, 0.5) is 0 Å². The van der Waals surface area contributed by atoms with Gasteiger partial charge in [-0.25, -0.2) is 5.84 Å². The minimum atomic E-state index is -0.308. The maximum absolute atomic E-state index is 11.4. The summed E-state index contributed by atoms with van der Waals surface area (Å²) in [7, 11) is 0. The van der Waals surface area contributed by atoms with Gasteiger partial charge in [-0.3, -0.25) is 14.9 Å². The van der Waals surface area contributed by atoms with Crippen molar-refractivity contribution in [3.05, 3.63) is 51.8 Å². The van der Waals surface area contributed by atoms with Crippen molar-refractivity contribution in [1.29, 1.82) is 0 Å². The van der Waals surface area contributed by atoms with E-state index < -0.39 is 0 Å². The third kappa shape index (κ3) is 2.60. The summed E-state index contributed by atoms with van der Waals surface area (Å²) >= 11 is 3.45. The normalized spacial score (nSPS) is 10.4. The van der Waals surface area contributed by atoms with Gasteiger partial charge in [-0.2, -0.15) is 5.10 Å². The fourth-order valence-electron chi connectivity index (χ4n) is 1.63. The third-order valence-electron chi connectivity index (χ3n) is 2.70. The molecular formula is C12H13BrN4O. The average molecular weight is 309 g/mol. The maximum atomic E-state index is 11.4. The van der Waals surface area contributed by atoms with Crippen molar-refractivity contribution in [1.82, 2.24) is 15.2 Å². The largest absolute Gasteiger partial charge is 0.290 e. The van der Waals surface area contributed by atoms with Gasteiger partial charge in [0.2, 0.25) is 0 Å². The van der Waals surface area contributed by atoms with E-state index in [-0.39, 0.29) is 5.91 Å². The predicted octanol–water partition coefficient (Wildman–Crippen LogP) is 1.61. The number of nitrogens with zero attached hydrogens (tertiary/aromatic N) is 2. The fraction of sp³-hybridized carbons (Fsp3) is 0.167. The highest BCUT2D eigenvalue weighted by Gasteiger charge is 2.08. The molecule has 0 saturated heterocycles. The SMILES string of the molecule is Cc1ccnn1Cc1ccc(C(=O)NN)cc1Br. The lowest BCUT2D eigenvalue weighted by atomic mass is 10.1. The highest BCUT2D eigenvalue weighted by molar-refractivity contribution is 9.10. The van der Waals surface area contributed by atoms with Crippen LogP contribution in [0.3, 0.4) is 0 Å². The maximum Gasteiger partial charge on any atom is 0.265 e. The number of benzene rings is 1. The van der Waals surface area contributed by atoms with Crippen LogP contribution in [-0.2, 0) is 6.54 Å². The molecule has 0 unspecified atom stereocenters. The Morgan fingerprint density at radius 3 is 2.83 bits per heavy atom. The van der Waals surface area contributed by atoms with Crippen molar-refractivity contribution < 1.29 is 4.79 Å². The van der Waals surface area contributed by atoms with Crippen LogP contribution in [0, 0.1) is 6.92 Å². The zero-order chi connectivity index (χ0) is 13.1. The number of nitrogen functional groups attached to an aromatic ring is 1. The van der Waals surface area contributed by atoms with Gasteiger partial charge in [0, 0.05) is 21.9 Å². The van der Waals surface area contributed by atoms with E-state index >= 15 is 0 Å². The number of nitrogens with two attached hydrogens (primary N) is 1. The van der Waals surface area contributed by atoms with Gasteiger partial charge < -0.3 is 0 Å². The van der Waals surface area contributed by atoms with Crippen LogP contribution in [0.5, 0.6) is 0 Å². The first-order valence-corrected chi connectivity index (χ1v) is 6.19. The van der Waals surface area contributed by atoms with Gasteiger partial charge in [-0.15, -0.1) is 0 Å². The average Bonchev–Trinajstić information content (AvgIpc) is 2.76. The molecule has 0 aliphatic heterocycles. The molecule has 0 atom stereocenters. The van der Waals surface area contributed by atoms with Crippen LogP contribution in [0.25, 0.3) is 0 Å². The lowest BCUT2D eigenvalue weighted by molar-refractivity contribution is 0.0953. The zero-order valence-electron chi connectivity index (χ0n) is 9.85. The van der Waals surface area contributed by atoms with E-state index in [4.69, 9.17) is 5.84 Å². The molecule has 1 amide bonds. The molecule has 0 aliphatic rings. The van der Waals surface area contributed by atoms with Gasteiger partial charge in [0.1, 0.15) is 0 Å². The molecule has 1 heterocycles. The molecule has 18 heavy (non-hydrogen) atoms. The number of rotatable bonds is 3. The van der Waals surface area contributed by atoms with Crippen LogP contribution in [-0.4, -0.2) is 15.7 Å². The van der Waals surface area contributed by atoms with E-state index in [1.165, 1.54) is 0 Å². The molecule has 2 rings (SSSR count). The Morgan fingerprint density at radius 1 is 1.50 bits per heavy atom. The molecule has 0 radical (unpaired) electrons. The van der Waals surface area contributed by atoms with Gasteiger partial charge in [-0.1, -0.05) is 22.0 Å². The Hall–Kier alpha value is -1.66. The topological polar surface area (TPSA) is 72.9 Å². The van der Waals surface area contributed by atoms with Gasteiger partial charge in [0.25, 0.3) is 5.91 Å². The number of nitrogens with one attached hydrogen (secondary N) is 1. The quantitative estimate of drug-likeness (QED) is 0.514. The zero-order valence-corrected chi connectivity index (χ0v) is 11.4.